The highest BCUT2D eigenvalue weighted by molar-refractivity contribution is 8.04. The van der Waals surface area contributed by atoms with Crippen LogP contribution in [0.25, 0.3) is 5.57 Å². The van der Waals surface area contributed by atoms with E-state index in [0.29, 0.717) is 32.1 Å². The van der Waals surface area contributed by atoms with Crippen LogP contribution < -0.4 is 10.6 Å². The van der Waals surface area contributed by atoms with E-state index >= 15 is 0 Å². The Labute approximate surface area is 167 Å². The summed E-state index contributed by atoms with van der Waals surface area (Å²) in [5.41, 5.74) is 1.95. The zero-order chi connectivity index (χ0) is 18.8. The summed E-state index contributed by atoms with van der Waals surface area (Å²) in [6.07, 6.45) is 0. The van der Waals surface area contributed by atoms with Crippen molar-refractivity contribution in [1.29, 1.82) is 0 Å². The molecule has 0 saturated carbocycles. The van der Waals surface area contributed by atoms with Crippen LogP contribution in [0.3, 0.4) is 0 Å². The second-order valence-corrected chi connectivity index (χ2v) is 9.16. The number of amides is 2. The van der Waals surface area contributed by atoms with Crippen LogP contribution in [0.15, 0.2) is 35.2 Å². The van der Waals surface area contributed by atoms with Crippen molar-refractivity contribution < 1.29 is 14.3 Å². The standard InChI is InChI=1S/C19H23N3O3S2/c1-12-15(13-5-3-2-4-6-13)16-17(24)20-19(21-18(16)27-12)26-11-14(23)22-7-9-25-10-8-22/h2-6,16,18-19,21H,7-11H2,1H3,(H,20,24). The van der Waals surface area contributed by atoms with Crippen molar-refractivity contribution in [3.05, 3.63) is 40.8 Å². The average molecular weight is 406 g/mol. The molecule has 3 aliphatic heterocycles. The number of benzene rings is 1. The molecule has 2 N–H and O–H groups in total. The Balaban J connectivity index is 1.37. The summed E-state index contributed by atoms with van der Waals surface area (Å²) in [5, 5.41) is 6.53. The molecule has 3 atom stereocenters. The number of ether oxygens (including phenoxy) is 1. The Hall–Kier alpha value is -1.48. The summed E-state index contributed by atoms with van der Waals surface area (Å²) in [6.45, 7) is 4.57. The predicted octanol–water partition coefficient (Wildman–Crippen LogP) is 1.70. The topological polar surface area (TPSA) is 70.7 Å². The van der Waals surface area contributed by atoms with E-state index < -0.39 is 0 Å². The van der Waals surface area contributed by atoms with Gasteiger partial charge >= 0.3 is 0 Å². The molecule has 1 aromatic carbocycles. The van der Waals surface area contributed by atoms with Crippen LogP contribution in [0.1, 0.15) is 12.5 Å². The van der Waals surface area contributed by atoms with E-state index in [0.717, 1.165) is 11.1 Å². The molecule has 144 valence electrons. The van der Waals surface area contributed by atoms with Gasteiger partial charge in [0, 0.05) is 13.1 Å². The Morgan fingerprint density at radius 2 is 2.04 bits per heavy atom. The minimum Gasteiger partial charge on any atom is -0.378 e. The van der Waals surface area contributed by atoms with Crippen molar-refractivity contribution in [3.63, 3.8) is 0 Å². The van der Waals surface area contributed by atoms with E-state index in [1.165, 1.54) is 16.7 Å². The summed E-state index contributed by atoms with van der Waals surface area (Å²) < 4.78 is 5.28. The van der Waals surface area contributed by atoms with E-state index in [9.17, 15) is 9.59 Å². The first-order chi connectivity index (χ1) is 13.1. The van der Waals surface area contributed by atoms with E-state index in [4.69, 9.17) is 4.74 Å². The zero-order valence-corrected chi connectivity index (χ0v) is 16.8. The van der Waals surface area contributed by atoms with Gasteiger partial charge in [0.15, 0.2) is 0 Å². The number of morpholine rings is 1. The van der Waals surface area contributed by atoms with Crippen LogP contribution in [0, 0.1) is 5.92 Å². The molecule has 2 amide bonds. The van der Waals surface area contributed by atoms with Gasteiger partial charge in [-0.25, -0.2) is 0 Å². The maximum atomic E-state index is 12.8. The number of hydrogen-bond acceptors (Lipinski definition) is 6. The molecule has 0 aromatic heterocycles. The van der Waals surface area contributed by atoms with Gasteiger partial charge in [0.1, 0.15) is 5.50 Å². The summed E-state index contributed by atoms with van der Waals surface area (Å²) in [5.74, 6) is 0.264. The maximum absolute atomic E-state index is 12.8. The van der Waals surface area contributed by atoms with Gasteiger partial charge in [-0.3, -0.25) is 14.9 Å². The molecule has 27 heavy (non-hydrogen) atoms. The lowest BCUT2D eigenvalue weighted by Crippen LogP contribution is -2.58. The van der Waals surface area contributed by atoms with Gasteiger partial charge in [0.25, 0.3) is 0 Å². The predicted molar refractivity (Wildman–Crippen MR) is 109 cm³/mol. The van der Waals surface area contributed by atoms with Crippen LogP contribution in [0.4, 0.5) is 0 Å². The lowest BCUT2D eigenvalue weighted by molar-refractivity contribution is -0.132. The fourth-order valence-corrected chi connectivity index (χ4v) is 6.02. The van der Waals surface area contributed by atoms with Gasteiger partial charge < -0.3 is 15.0 Å². The zero-order valence-electron chi connectivity index (χ0n) is 15.1. The molecule has 0 bridgehead atoms. The molecule has 8 heteroatoms. The number of hydrogen-bond donors (Lipinski definition) is 2. The Morgan fingerprint density at radius 1 is 1.30 bits per heavy atom. The van der Waals surface area contributed by atoms with Crippen molar-refractivity contribution in [2.24, 2.45) is 5.92 Å². The highest BCUT2D eigenvalue weighted by Gasteiger charge is 2.44. The summed E-state index contributed by atoms with van der Waals surface area (Å²) in [7, 11) is 0. The van der Waals surface area contributed by atoms with Gasteiger partial charge in [-0.1, -0.05) is 30.3 Å². The third-order valence-corrected chi connectivity index (χ3v) is 7.23. The molecule has 4 rings (SSSR count). The van der Waals surface area contributed by atoms with Gasteiger partial charge in [0.05, 0.1) is 30.3 Å². The number of carbonyl (C=O) groups is 2. The molecule has 1 aromatic rings. The lowest BCUT2D eigenvalue weighted by atomic mass is 9.90. The van der Waals surface area contributed by atoms with Crippen LogP contribution in [-0.2, 0) is 14.3 Å². The molecular weight excluding hydrogens is 382 g/mol. The number of rotatable bonds is 4. The smallest absolute Gasteiger partial charge is 0.232 e. The number of thioether (sulfide) groups is 2. The van der Waals surface area contributed by atoms with Crippen LogP contribution in [0.5, 0.6) is 0 Å². The van der Waals surface area contributed by atoms with Crippen LogP contribution in [0.2, 0.25) is 0 Å². The number of allylic oxidation sites excluding steroid dienone is 1. The van der Waals surface area contributed by atoms with Crippen molar-refractivity contribution >= 4 is 40.9 Å². The van der Waals surface area contributed by atoms with Crippen molar-refractivity contribution in [1.82, 2.24) is 15.5 Å². The van der Waals surface area contributed by atoms with E-state index in [1.54, 1.807) is 11.8 Å². The normalized spacial score (nSPS) is 28.1. The minimum absolute atomic E-state index is 0.00458. The number of nitrogens with one attached hydrogen (secondary N) is 2. The van der Waals surface area contributed by atoms with Gasteiger partial charge in [-0.05, 0) is 23.0 Å². The monoisotopic (exact) mass is 405 g/mol. The quantitative estimate of drug-likeness (QED) is 0.795. The Morgan fingerprint density at radius 3 is 2.78 bits per heavy atom. The molecule has 6 nitrogen and oxygen atoms in total. The fourth-order valence-electron chi connectivity index (χ4n) is 3.65. The third kappa shape index (κ3) is 4.03. The van der Waals surface area contributed by atoms with Crippen molar-refractivity contribution in [2.45, 2.75) is 17.8 Å². The minimum atomic E-state index is -0.251. The largest absolute Gasteiger partial charge is 0.378 e. The highest BCUT2D eigenvalue weighted by atomic mass is 32.2. The SMILES string of the molecule is CC1=C(c2ccccc2)C2C(=O)NC(SCC(=O)N3CCOCC3)NC2S1. The van der Waals surface area contributed by atoms with E-state index in [1.807, 2.05) is 23.1 Å². The fraction of sp³-hybridized carbons (Fsp3) is 0.474. The third-order valence-electron chi connectivity index (χ3n) is 4.99. The molecular formula is C19H23N3O3S2. The molecule has 2 saturated heterocycles. The summed E-state index contributed by atoms with van der Waals surface area (Å²) in [4.78, 5) is 28.2. The molecule has 0 radical (unpaired) electrons. The first kappa shape index (κ1) is 18.9. The average Bonchev–Trinajstić information content (AvgIpc) is 3.04. The first-order valence-corrected chi connectivity index (χ1v) is 11.0. The Kier molecular flexibility index (Phi) is 5.77. The molecule has 0 spiro atoms. The van der Waals surface area contributed by atoms with Crippen molar-refractivity contribution in [2.75, 3.05) is 32.1 Å². The van der Waals surface area contributed by atoms with Gasteiger partial charge in [-0.15, -0.1) is 23.5 Å². The Bertz CT molecular complexity index is 750. The van der Waals surface area contributed by atoms with Crippen LogP contribution in [-0.4, -0.2) is 59.6 Å². The number of fused-ring (bicyclic) bond motifs is 1. The highest BCUT2D eigenvalue weighted by Crippen LogP contribution is 2.47. The molecule has 3 heterocycles. The second kappa shape index (κ2) is 8.26. The van der Waals surface area contributed by atoms with Gasteiger partial charge in [-0.2, -0.15) is 0 Å². The maximum Gasteiger partial charge on any atom is 0.232 e. The first-order valence-electron chi connectivity index (χ1n) is 9.10. The molecule has 2 fully saturated rings. The molecule has 3 unspecified atom stereocenters. The van der Waals surface area contributed by atoms with Gasteiger partial charge in [0.2, 0.25) is 11.8 Å². The lowest BCUT2D eigenvalue weighted by Gasteiger charge is -2.34. The summed E-state index contributed by atoms with van der Waals surface area (Å²) >= 11 is 3.15. The summed E-state index contributed by atoms with van der Waals surface area (Å²) in [6, 6.07) is 10.1. The molecule has 3 aliphatic rings. The molecule has 0 aliphatic carbocycles. The van der Waals surface area contributed by atoms with Crippen LogP contribution >= 0.6 is 23.5 Å². The number of carbonyl (C=O) groups excluding carboxylic acids is 2. The number of nitrogens with zero attached hydrogens (tertiary/aromatic N) is 1. The van der Waals surface area contributed by atoms with Crippen molar-refractivity contribution in [3.8, 4) is 0 Å². The van der Waals surface area contributed by atoms with E-state index in [-0.39, 0.29) is 28.6 Å². The second-order valence-electron chi connectivity index (χ2n) is 6.71. The van der Waals surface area contributed by atoms with E-state index in [2.05, 4.69) is 29.7 Å².